The second kappa shape index (κ2) is 11.9. The third-order valence-electron chi connectivity index (χ3n) is 6.78. The number of rotatable bonds is 9. The molecule has 0 radical (unpaired) electrons. The summed E-state index contributed by atoms with van der Waals surface area (Å²) in [6, 6.07) is 5.09. The van der Waals surface area contributed by atoms with E-state index in [1.807, 2.05) is 13.0 Å². The summed E-state index contributed by atoms with van der Waals surface area (Å²) in [4.78, 5) is 17.6. The van der Waals surface area contributed by atoms with E-state index in [0.717, 1.165) is 5.56 Å². The molecule has 0 saturated heterocycles. The molecule has 7 nitrogen and oxygen atoms in total. The van der Waals surface area contributed by atoms with Crippen LogP contribution in [-0.2, 0) is 22.7 Å². The fourth-order valence-corrected chi connectivity index (χ4v) is 6.12. The number of terminal acetylenes is 1. The maximum atomic E-state index is 13.4. The molecule has 2 aromatic rings. The molecule has 1 heterocycles. The third kappa shape index (κ3) is 7.34. The van der Waals surface area contributed by atoms with Gasteiger partial charge in [0.15, 0.2) is 5.69 Å². The Bertz CT molecular complexity index is 1300. The molecule has 0 bridgehead atoms. The van der Waals surface area contributed by atoms with Gasteiger partial charge >= 0.3 is 6.61 Å². The molecule has 1 N–H and O–H groups in total. The van der Waals surface area contributed by atoms with Crippen molar-refractivity contribution in [2.24, 2.45) is 11.3 Å². The molecular weight excluding hydrogens is 512 g/mol. The normalized spacial score (nSPS) is 18.3. The van der Waals surface area contributed by atoms with E-state index in [4.69, 9.17) is 11.2 Å². The highest BCUT2D eigenvalue weighted by atomic mass is 32.2. The number of halogens is 2. The summed E-state index contributed by atoms with van der Waals surface area (Å²) in [5, 5.41) is 2.55. The number of hydrogen-bond acceptors (Lipinski definition) is 5. The van der Waals surface area contributed by atoms with Crippen LogP contribution in [0.4, 0.5) is 8.78 Å². The van der Waals surface area contributed by atoms with Crippen molar-refractivity contribution in [1.82, 2.24) is 14.9 Å². The van der Waals surface area contributed by atoms with Crippen molar-refractivity contribution < 1.29 is 26.7 Å². The molecule has 0 spiro atoms. The van der Waals surface area contributed by atoms with E-state index in [9.17, 15) is 22.0 Å². The minimum Gasteiger partial charge on any atom is -0.433 e. The average Bonchev–Trinajstić information content (AvgIpc) is 3.19. The highest BCUT2D eigenvalue weighted by Crippen LogP contribution is 2.32. The Labute approximate surface area is 224 Å². The molecule has 1 saturated carbocycles. The van der Waals surface area contributed by atoms with Gasteiger partial charge in [-0.05, 0) is 67.1 Å². The second-order valence-corrected chi connectivity index (χ2v) is 13.5. The number of amides is 1. The summed E-state index contributed by atoms with van der Waals surface area (Å²) in [5.74, 6) is 2.62. The van der Waals surface area contributed by atoms with Crippen molar-refractivity contribution in [2.75, 3.05) is 12.8 Å². The predicted molar refractivity (Wildman–Crippen MR) is 144 cm³/mol. The number of sulfone groups is 1. The number of ether oxygens (including phenoxy) is 1. The zero-order chi connectivity index (χ0) is 28.3. The molecule has 1 aliphatic carbocycles. The van der Waals surface area contributed by atoms with Gasteiger partial charge in [0.25, 0.3) is 5.91 Å². The number of carbonyl (C=O) groups excluding carboxylic acids is 1. The number of benzene rings is 1. The Kier molecular flexibility index (Phi) is 9.24. The molecule has 1 aromatic carbocycles. The van der Waals surface area contributed by atoms with E-state index in [2.05, 4.69) is 37.0 Å². The number of nitrogens with one attached hydrogen (secondary N) is 1. The monoisotopic (exact) mass is 549 g/mol. The van der Waals surface area contributed by atoms with E-state index in [-0.39, 0.29) is 33.7 Å². The zero-order valence-electron chi connectivity index (χ0n) is 22.7. The molecule has 1 aromatic heterocycles. The molecule has 1 fully saturated rings. The Morgan fingerprint density at radius 1 is 1.26 bits per heavy atom. The minimum atomic E-state index is -3.07. The lowest BCUT2D eigenvalue weighted by Gasteiger charge is -2.27. The predicted octanol–water partition coefficient (Wildman–Crippen LogP) is 4.94. The first kappa shape index (κ1) is 29.6. The van der Waals surface area contributed by atoms with Crippen LogP contribution in [0.25, 0.3) is 5.69 Å². The fraction of sp³-hybridized carbons (Fsp3) is 0.571. The van der Waals surface area contributed by atoms with Gasteiger partial charge in [-0.3, -0.25) is 9.36 Å². The highest BCUT2D eigenvalue weighted by Gasteiger charge is 2.29. The fourth-order valence-electron chi connectivity index (χ4n) is 5.00. The molecule has 1 aliphatic rings. The number of alkyl halides is 2. The number of imidazole rings is 1. The number of carbonyl (C=O) groups is 1. The van der Waals surface area contributed by atoms with Crippen LogP contribution < -0.4 is 10.1 Å². The van der Waals surface area contributed by atoms with Crippen LogP contribution in [0.1, 0.15) is 80.9 Å². The van der Waals surface area contributed by atoms with Gasteiger partial charge in [-0.25, -0.2) is 13.4 Å². The minimum absolute atomic E-state index is 0.0379. The van der Waals surface area contributed by atoms with Gasteiger partial charge in [0.1, 0.15) is 27.1 Å². The van der Waals surface area contributed by atoms with Crippen molar-refractivity contribution in [1.29, 1.82) is 0 Å². The maximum Gasteiger partial charge on any atom is 0.387 e. The molecule has 0 aliphatic heterocycles. The van der Waals surface area contributed by atoms with E-state index in [1.165, 1.54) is 10.8 Å². The van der Waals surface area contributed by atoms with Crippen molar-refractivity contribution in [3.8, 4) is 23.8 Å². The smallest absolute Gasteiger partial charge is 0.387 e. The summed E-state index contributed by atoms with van der Waals surface area (Å²) >= 11 is 0. The number of aryl methyl sites for hydroxylation is 1. The van der Waals surface area contributed by atoms with E-state index in [1.54, 1.807) is 12.1 Å². The lowest BCUT2D eigenvalue weighted by molar-refractivity contribution is -0.0499. The maximum absolute atomic E-state index is 13.4. The Morgan fingerprint density at radius 2 is 1.92 bits per heavy atom. The van der Waals surface area contributed by atoms with Gasteiger partial charge in [-0.1, -0.05) is 33.8 Å². The van der Waals surface area contributed by atoms with Crippen LogP contribution in [0.5, 0.6) is 5.75 Å². The average molecular weight is 550 g/mol. The van der Waals surface area contributed by atoms with Crippen molar-refractivity contribution in [3.63, 3.8) is 0 Å². The van der Waals surface area contributed by atoms with Gasteiger partial charge in [0.2, 0.25) is 0 Å². The quantitative estimate of drug-likeness (QED) is 0.448. The molecular formula is C28H37F2N3O4S. The molecule has 38 heavy (non-hydrogen) atoms. The van der Waals surface area contributed by atoms with Crippen molar-refractivity contribution in [2.45, 2.75) is 78.1 Å². The SMILES string of the molecule is C#Cc1c(C(=O)NCC2CCC(S(C)(=O)=O)CC2)nc(CC)n1-c1ccc(CC(C)(C)C)cc1OC(F)F. The summed E-state index contributed by atoms with van der Waals surface area (Å²) in [7, 11) is -3.07. The van der Waals surface area contributed by atoms with Gasteiger partial charge in [0.05, 0.1) is 10.9 Å². The molecule has 208 valence electrons. The first-order valence-electron chi connectivity index (χ1n) is 12.9. The summed E-state index contributed by atoms with van der Waals surface area (Å²) < 4.78 is 56.8. The van der Waals surface area contributed by atoms with Gasteiger partial charge in [0, 0.05) is 19.2 Å². The zero-order valence-corrected chi connectivity index (χ0v) is 23.5. The van der Waals surface area contributed by atoms with Crippen LogP contribution in [-0.4, -0.2) is 48.5 Å². The Hall–Kier alpha value is -2.93. The lowest BCUT2D eigenvalue weighted by Crippen LogP contribution is -2.34. The first-order valence-corrected chi connectivity index (χ1v) is 14.8. The van der Waals surface area contributed by atoms with Gasteiger partial charge < -0.3 is 10.1 Å². The van der Waals surface area contributed by atoms with Crippen LogP contribution in [0.3, 0.4) is 0 Å². The molecule has 1 amide bonds. The highest BCUT2D eigenvalue weighted by molar-refractivity contribution is 7.91. The first-order chi connectivity index (χ1) is 17.7. The number of hydrogen-bond donors (Lipinski definition) is 1. The van der Waals surface area contributed by atoms with Crippen LogP contribution in [0.2, 0.25) is 0 Å². The van der Waals surface area contributed by atoms with Crippen molar-refractivity contribution >= 4 is 15.7 Å². The van der Waals surface area contributed by atoms with E-state index < -0.39 is 22.4 Å². The van der Waals surface area contributed by atoms with E-state index in [0.29, 0.717) is 56.6 Å². The summed E-state index contributed by atoms with van der Waals surface area (Å²) in [6.07, 6.45) is 10.7. The van der Waals surface area contributed by atoms with Gasteiger partial charge in [-0.2, -0.15) is 8.78 Å². The molecule has 0 atom stereocenters. The van der Waals surface area contributed by atoms with Crippen molar-refractivity contribution in [3.05, 3.63) is 41.0 Å². The molecule has 3 rings (SSSR count). The topological polar surface area (TPSA) is 90.3 Å². The number of aromatic nitrogens is 2. The van der Waals surface area contributed by atoms with E-state index >= 15 is 0 Å². The number of nitrogens with zero attached hydrogens (tertiary/aromatic N) is 2. The van der Waals surface area contributed by atoms with Crippen LogP contribution in [0, 0.1) is 23.7 Å². The molecule has 10 heteroatoms. The summed E-state index contributed by atoms with van der Waals surface area (Å²) in [6.45, 7) is 5.33. The standard InChI is InChI=1S/C28H37F2N3O4S/c1-7-21-25(26(34)31-17-18-9-12-20(13-10-18)38(6,35)36)32-24(8-2)33(21)22-14-11-19(16-28(3,4)5)15-23(22)37-27(29)30/h1,11,14-15,18,20,27H,8-10,12-13,16-17H2,2-6H3,(H,31,34). The Morgan fingerprint density at radius 3 is 2.45 bits per heavy atom. The van der Waals surface area contributed by atoms with Crippen LogP contribution >= 0.6 is 0 Å². The van der Waals surface area contributed by atoms with Crippen LogP contribution in [0.15, 0.2) is 18.2 Å². The van der Waals surface area contributed by atoms with Gasteiger partial charge in [-0.15, -0.1) is 6.42 Å². The third-order valence-corrected chi connectivity index (χ3v) is 8.46. The summed E-state index contributed by atoms with van der Waals surface area (Å²) in [5.41, 5.74) is 1.25. The second-order valence-electron chi connectivity index (χ2n) is 11.2. The Balaban J connectivity index is 1.89. The largest absolute Gasteiger partial charge is 0.433 e. The molecule has 0 unspecified atom stereocenters. The lowest BCUT2D eigenvalue weighted by atomic mass is 9.88.